The van der Waals surface area contributed by atoms with Crippen LogP contribution in [0, 0.1) is 0 Å². The molecule has 0 radical (unpaired) electrons. The van der Waals surface area contributed by atoms with Crippen LogP contribution < -0.4 is 0 Å². The van der Waals surface area contributed by atoms with Crippen molar-refractivity contribution >= 4 is 5.91 Å². The van der Waals surface area contributed by atoms with E-state index in [1.807, 2.05) is 74.5 Å². The summed E-state index contributed by atoms with van der Waals surface area (Å²) in [6.07, 6.45) is 0.0444. The van der Waals surface area contributed by atoms with Crippen molar-refractivity contribution in [2.45, 2.75) is 25.9 Å². The molecule has 116 valence electrons. The largest absolute Gasteiger partial charge is 0.380 e. The van der Waals surface area contributed by atoms with E-state index in [-0.39, 0.29) is 12.3 Å². The van der Waals surface area contributed by atoms with Gasteiger partial charge in [0, 0.05) is 13.1 Å². The van der Waals surface area contributed by atoms with Gasteiger partial charge in [0.2, 0.25) is 5.91 Å². The minimum atomic E-state index is -1.30. The number of hydrogen-bond acceptors (Lipinski definition) is 2. The maximum absolute atomic E-state index is 12.5. The van der Waals surface area contributed by atoms with E-state index < -0.39 is 5.60 Å². The highest BCUT2D eigenvalue weighted by Crippen LogP contribution is 2.33. The smallest absolute Gasteiger partial charge is 0.226 e. The number of aliphatic hydroxyl groups is 1. The fraction of sp³-hybridized carbons (Fsp3) is 0.316. The van der Waals surface area contributed by atoms with Gasteiger partial charge in [0.25, 0.3) is 0 Å². The molecule has 3 heteroatoms. The third-order valence-corrected chi connectivity index (χ3v) is 4.03. The first-order valence-electron chi connectivity index (χ1n) is 7.73. The molecule has 0 unspecified atom stereocenters. The zero-order chi connectivity index (χ0) is 16.0. The molecule has 1 amide bonds. The molecule has 0 aliphatic carbocycles. The van der Waals surface area contributed by atoms with E-state index in [1.54, 1.807) is 4.90 Å². The van der Waals surface area contributed by atoms with Gasteiger partial charge in [0.1, 0.15) is 5.60 Å². The summed E-state index contributed by atoms with van der Waals surface area (Å²) in [6, 6.07) is 18.8. The van der Waals surface area contributed by atoms with Crippen LogP contribution in [0.1, 0.15) is 31.4 Å². The van der Waals surface area contributed by atoms with Crippen molar-refractivity contribution < 1.29 is 9.90 Å². The van der Waals surface area contributed by atoms with Crippen LogP contribution in [0.25, 0.3) is 0 Å². The molecule has 22 heavy (non-hydrogen) atoms. The number of carbonyl (C=O) groups excluding carboxylic acids is 1. The summed E-state index contributed by atoms with van der Waals surface area (Å²) in [5, 5.41) is 11.3. The van der Waals surface area contributed by atoms with Crippen molar-refractivity contribution in [3.8, 4) is 0 Å². The van der Waals surface area contributed by atoms with E-state index >= 15 is 0 Å². The molecule has 2 aromatic carbocycles. The predicted octanol–water partition coefficient (Wildman–Crippen LogP) is 3.18. The zero-order valence-electron chi connectivity index (χ0n) is 13.2. The van der Waals surface area contributed by atoms with Gasteiger partial charge in [0.15, 0.2) is 0 Å². The summed E-state index contributed by atoms with van der Waals surface area (Å²) in [5.74, 6) is -0.0415. The Kier molecular flexibility index (Phi) is 5.34. The summed E-state index contributed by atoms with van der Waals surface area (Å²) in [6.45, 7) is 5.20. The predicted molar refractivity (Wildman–Crippen MR) is 88.4 cm³/mol. The van der Waals surface area contributed by atoms with Gasteiger partial charge in [-0.3, -0.25) is 4.79 Å². The third kappa shape index (κ3) is 3.37. The SMILES string of the molecule is CCN(CC)C(=O)CC(O)(c1ccccc1)c1ccccc1. The highest BCUT2D eigenvalue weighted by atomic mass is 16.3. The molecule has 2 aromatic rings. The average molecular weight is 297 g/mol. The fourth-order valence-electron chi connectivity index (χ4n) is 2.71. The number of nitrogens with zero attached hydrogens (tertiary/aromatic N) is 1. The molecule has 0 saturated carbocycles. The van der Waals surface area contributed by atoms with Crippen LogP contribution in [0.4, 0.5) is 0 Å². The maximum Gasteiger partial charge on any atom is 0.226 e. The van der Waals surface area contributed by atoms with Crippen LogP contribution in [0.5, 0.6) is 0 Å². The third-order valence-electron chi connectivity index (χ3n) is 4.03. The second-order valence-corrected chi connectivity index (χ2v) is 5.34. The lowest BCUT2D eigenvalue weighted by Crippen LogP contribution is -2.38. The summed E-state index contributed by atoms with van der Waals surface area (Å²) in [4.78, 5) is 14.3. The molecule has 0 saturated heterocycles. The lowest BCUT2D eigenvalue weighted by atomic mass is 9.83. The molecular weight excluding hydrogens is 274 g/mol. The summed E-state index contributed by atoms with van der Waals surface area (Å²) in [7, 11) is 0. The summed E-state index contributed by atoms with van der Waals surface area (Å²) < 4.78 is 0. The molecule has 0 bridgehead atoms. The molecular formula is C19H23NO2. The average Bonchev–Trinajstić information content (AvgIpc) is 2.57. The van der Waals surface area contributed by atoms with Crippen molar-refractivity contribution in [1.29, 1.82) is 0 Å². The van der Waals surface area contributed by atoms with Crippen molar-refractivity contribution in [2.75, 3.05) is 13.1 Å². The van der Waals surface area contributed by atoms with Crippen LogP contribution >= 0.6 is 0 Å². The van der Waals surface area contributed by atoms with Crippen molar-refractivity contribution in [3.63, 3.8) is 0 Å². The minimum absolute atomic E-state index is 0.0415. The molecule has 1 N–H and O–H groups in total. The van der Waals surface area contributed by atoms with E-state index in [0.717, 1.165) is 11.1 Å². The van der Waals surface area contributed by atoms with Crippen molar-refractivity contribution in [1.82, 2.24) is 4.90 Å². The van der Waals surface area contributed by atoms with Gasteiger partial charge in [-0.1, -0.05) is 60.7 Å². The van der Waals surface area contributed by atoms with Gasteiger partial charge in [0.05, 0.1) is 6.42 Å². The van der Waals surface area contributed by atoms with Gasteiger partial charge >= 0.3 is 0 Å². The highest BCUT2D eigenvalue weighted by Gasteiger charge is 2.35. The Morgan fingerprint density at radius 1 is 0.909 bits per heavy atom. The molecule has 0 aliphatic rings. The van der Waals surface area contributed by atoms with Gasteiger partial charge in [-0.15, -0.1) is 0 Å². The van der Waals surface area contributed by atoms with Crippen LogP contribution in [0.15, 0.2) is 60.7 Å². The van der Waals surface area contributed by atoms with Gasteiger partial charge in [-0.05, 0) is 25.0 Å². The summed E-state index contributed by atoms with van der Waals surface area (Å²) >= 11 is 0. The van der Waals surface area contributed by atoms with E-state index in [1.165, 1.54) is 0 Å². The van der Waals surface area contributed by atoms with Crippen LogP contribution in [0.3, 0.4) is 0 Å². The second kappa shape index (κ2) is 7.23. The Labute approximate surface area is 132 Å². The van der Waals surface area contributed by atoms with Gasteiger partial charge < -0.3 is 10.0 Å². The minimum Gasteiger partial charge on any atom is -0.380 e. The second-order valence-electron chi connectivity index (χ2n) is 5.34. The first kappa shape index (κ1) is 16.2. The van der Waals surface area contributed by atoms with Gasteiger partial charge in [-0.2, -0.15) is 0 Å². The number of hydrogen-bond donors (Lipinski definition) is 1. The lowest BCUT2D eigenvalue weighted by Gasteiger charge is -2.31. The Morgan fingerprint density at radius 2 is 1.32 bits per heavy atom. The maximum atomic E-state index is 12.5. The molecule has 0 heterocycles. The Balaban J connectivity index is 2.41. The van der Waals surface area contributed by atoms with Crippen LogP contribution in [-0.4, -0.2) is 29.0 Å². The number of amides is 1. The number of carbonyl (C=O) groups is 1. The molecule has 0 fully saturated rings. The Hall–Kier alpha value is -2.13. The van der Waals surface area contributed by atoms with E-state index in [9.17, 15) is 9.90 Å². The molecule has 3 nitrogen and oxygen atoms in total. The summed E-state index contributed by atoms with van der Waals surface area (Å²) in [5.41, 5.74) is 0.172. The molecule has 0 spiro atoms. The molecule has 0 aromatic heterocycles. The van der Waals surface area contributed by atoms with E-state index in [0.29, 0.717) is 13.1 Å². The monoisotopic (exact) mass is 297 g/mol. The van der Waals surface area contributed by atoms with Crippen LogP contribution in [-0.2, 0) is 10.4 Å². The highest BCUT2D eigenvalue weighted by molar-refractivity contribution is 5.78. The Bertz CT molecular complexity index is 552. The lowest BCUT2D eigenvalue weighted by molar-refractivity contribution is -0.135. The first-order valence-corrected chi connectivity index (χ1v) is 7.73. The molecule has 0 aliphatic heterocycles. The fourth-order valence-corrected chi connectivity index (χ4v) is 2.71. The normalized spacial score (nSPS) is 11.2. The van der Waals surface area contributed by atoms with Crippen molar-refractivity contribution in [3.05, 3.63) is 71.8 Å². The topological polar surface area (TPSA) is 40.5 Å². The molecule has 2 rings (SSSR count). The zero-order valence-corrected chi connectivity index (χ0v) is 13.2. The first-order chi connectivity index (χ1) is 10.6. The van der Waals surface area contributed by atoms with E-state index in [2.05, 4.69) is 0 Å². The molecule has 0 atom stereocenters. The number of benzene rings is 2. The van der Waals surface area contributed by atoms with Gasteiger partial charge in [-0.25, -0.2) is 0 Å². The standard InChI is InChI=1S/C19H23NO2/c1-3-20(4-2)18(21)15-19(22,16-11-7-5-8-12-16)17-13-9-6-10-14-17/h5-14,22H,3-4,15H2,1-2H3. The van der Waals surface area contributed by atoms with Crippen molar-refractivity contribution in [2.24, 2.45) is 0 Å². The quantitative estimate of drug-likeness (QED) is 0.889. The van der Waals surface area contributed by atoms with E-state index in [4.69, 9.17) is 0 Å². The van der Waals surface area contributed by atoms with Crippen LogP contribution in [0.2, 0.25) is 0 Å². The Morgan fingerprint density at radius 3 is 1.68 bits per heavy atom. The number of rotatable bonds is 6.